The molecular formula is C21H26N2O5S. The number of rotatable bonds is 7. The van der Waals surface area contributed by atoms with Gasteiger partial charge in [0.15, 0.2) is 6.61 Å². The fourth-order valence-electron chi connectivity index (χ4n) is 2.88. The molecule has 0 saturated carbocycles. The van der Waals surface area contributed by atoms with Crippen LogP contribution in [0.15, 0.2) is 41.3 Å². The Morgan fingerprint density at radius 1 is 0.966 bits per heavy atom. The summed E-state index contributed by atoms with van der Waals surface area (Å²) in [6, 6.07) is 8.98. The molecule has 0 aliphatic carbocycles. The number of carbonyl (C=O) groups is 2. The van der Waals surface area contributed by atoms with Crippen LogP contribution < -0.4 is 10.0 Å². The van der Waals surface area contributed by atoms with E-state index in [1.165, 1.54) is 19.1 Å². The van der Waals surface area contributed by atoms with Gasteiger partial charge in [-0.1, -0.05) is 35.4 Å². The van der Waals surface area contributed by atoms with E-state index in [-0.39, 0.29) is 4.90 Å². The molecule has 8 heteroatoms. The number of carbonyl (C=O) groups excluding carboxylic acids is 2. The van der Waals surface area contributed by atoms with Crippen LogP contribution in [0.5, 0.6) is 0 Å². The molecule has 0 radical (unpaired) electrons. The van der Waals surface area contributed by atoms with Crippen LogP contribution in [-0.4, -0.2) is 32.9 Å². The van der Waals surface area contributed by atoms with Gasteiger partial charge in [-0.3, -0.25) is 9.59 Å². The number of esters is 1. The predicted octanol–water partition coefficient (Wildman–Crippen LogP) is 2.77. The third-order valence-corrected chi connectivity index (χ3v) is 5.86. The Bertz CT molecular complexity index is 991. The third kappa shape index (κ3) is 6.13. The summed E-state index contributed by atoms with van der Waals surface area (Å²) in [4.78, 5) is 24.3. The lowest BCUT2D eigenvalue weighted by molar-refractivity contribution is -0.148. The Kier molecular flexibility index (Phi) is 7.16. The maximum Gasteiger partial charge on any atom is 0.324 e. The largest absolute Gasteiger partial charge is 0.454 e. The zero-order chi connectivity index (χ0) is 21.8. The molecule has 2 aromatic rings. The summed E-state index contributed by atoms with van der Waals surface area (Å²) < 4.78 is 31.9. The number of hydrogen-bond acceptors (Lipinski definition) is 5. The Morgan fingerprint density at radius 3 is 2.07 bits per heavy atom. The molecule has 2 aromatic carbocycles. The van der Waals surface area contributed by atoms with Crippen molar-refractivity contribution in [2.45, 2.75) is 45.6 Å². The van der Waals surface area contributed by atoms with Gasteiger partial charge in [0.1, 0.15) is 6.04 Å². The van der Waals surface area contributed by atoms with Gasteiger partial charge in [-0.05, 0) is 57.9 Å². The van der Waals surface area contributed by atoms with Gasteiger partial charge in [-0.2, -0.15) is 4.72 Å². The molecule has 29 heavy (non-hydrogen) atoms. The molecule has 0 aliphatic rings. The summed E-state index contributed by atoms with van der Waals surface area (Å²) in [5.74, 6) is -1.34. The van der Waals surface area contributed by atoms with Gasteiger partial charge in [0.2, 0.25) is 10.0 Å². The smallest absolute Gasteiger partial charge is 0.324 e. The normalized spacial score (nSPS) is 12.3. The molecule has 7 nitrogen and oxygen atoms in total. The van der Waals surface area contributed by atoms with Gasteiger partial charge in [0.25, 0.3) is 5.91 Å². The summed E-state index contributed by atoms with van der Waals surface area (Å²) in [7, 11) is -3.88. The summed E-state index contributed by atoms with van der Waals surface area (Å²) in [5.41, 5.74) is 4.48. The number of hydrogen-bond donors (Lipinski definition) is 2. The van der Waals surface area contributed by atoms with Gasteiger partial charge in [0, 0.05) is 5.69 Å². The molecule has 2 N–H and O–H groups in total. The van der Waals surface area contributed by atoms with Crippen molar-refractivity contribution in [3.63, 3.8) is 0 Å². The summed E-state index contributed by atoms with van der Waals surface area (Å²) in [5, 5.41) is 2.72. The van der Waals surface area contributed by atoms with Crippen molar-refractivity contribution in [2.24, 2.45) is 0 Å². The second kappa shape index (κ2) is 9.19. The predicted molar refractivity (Wildman–Crippen MR) is 111 cm³/mol. The van der Waals surface area contributed by atoms with E-state index in [0.717, 1.165) is 22.3 Å². The van der Waals surface area contributed by atoms with E-state index in [9.17, 15) is 18.0 Å². The zero-order valence-electron chi connectivity index (χ0n) is 17.2. The standard InChI is InChI=1S/C21H26N2O5S/c1-13-6-8-18(9-7-13)29(26,27)23-17(5)21(25)28-12-19(24)22-20-15(3)10-14(2)11-16(20)4/h6-11,17,23H,12H2,1-5H3,(H,22,24)/t17-/m0/s1. The second-order valence-electron chi connectivity index (χ2n) is 7.09. The average molecular weight is 419 g/mol. The number of sulfonamides is 1. The van der Waals surface area contributed by atoms with Gasteiger partial charge < -0.3 is 10.1 Å². The fraction of sp³-hybridized carbons (Fsp3) is 0.333. The highest BCUT2D eigenvalue weighted by Gasteiger charge is 2.23. The van der Waals surface area contributed by atoms with Crippen molar-refractivity contribution in [3.8, 4) is 0 Å². The lowest BCUT2D eigenvalue weighted by Gasteiger charge is -2.15. The second-order valence-corrected chi connectivity index (χ2v) is 8.80. The molecule has 2 rings (SSSR count). The first-order chi connectivity index (χ1) is 13.5. The van der Waals surface area contributed by atoms with Crippen molar-refractivity contribution in [1.82, 2.24) is 4.72 Å². The number of aryl methyl sites for hydroxylation is 4. The highest BCUT2D eigenvalue weighted by molar-refractivity contribution is 7.89. The monoisotopic (exact) mass is 418 g/mol. The Labute approximate surface area is 171 Å². The maximum atomic E-state index is 12.3. The quantitative estimate of drug-likeness (QED) is 0.673. The minimum atomic E-state index is -3.88. The van der Waals surface area contributed by atoms with Crippen molar-refractivity contribution < 1.29 is 22.7 Å². The van der Waals surface area contributed by atoms with Crippen LogP contribution in [0.1, 0.15) is 29.2 Å². The van der Waals surface area contributed by atoms with Gasteiger partial charge in [0.05, 0.1) is 4.90 Å². The molecule has 0 fully saturated rings. The Balaban J connectivity index is 1.93. The van der Waals surface area contributed by atoms with Crippen LogP contribution >= 0.6 is 0 Å². The van der Waals surface area contributed by atoms with E-state index < -0.39 is 34.5 Å². The average Bonchev–Trinajstić information content (AvgIpc) is 2.62. The van der Waals surface area contributed by atoms with E-state index in [0.29, 0.717) is 5.69 Å². The summed E-state index contributed by atoms with van der Waals surface area (Å²) in [6.07, 6.45) is 0. The van der Waals surface area contributed by atoms with E-state index in [2.05, 4.69) is 10.0 Å². The lowest BCUT2D eigenvalue weighted by Crippen LogP contribution is -2.40. The molecule has 0 aliphatic heterocycles. The molecule has 1 atom stereocenters. The Hall–Kier alpha value is -2.71. The van der Waals surface area contributed by atoms with Crippen LogP contribution in [0, 0.1) is 27.7 Å². The molecule has 156 valence electrons. The van der Waals surface area contributed by atoms with Crippen molar-refractivity contribution in [2.75, 3.05) is 11.9 Å². The zero-order valence-corrected chi connectivity index (χ0v) is 18.0. The highest BCUT2D eigenvalue weighted by atomic mass is 32.2. The highest BCUT2D eigenvalue weighted by Crippen LogP contribution is 2.21. The number of anilines is 1. The van der Waals surface area contributed by atoms with Gasteiger partial charge in [-0.15, -0.1) is 0 Å². The minimum Gasteiger partial charge on any atom is -0.454 e. The van der Waals surface area contributed by atoms with Crippen molar-refractivity contribution in [3.05, 3.63) is 58.7 Å². The first-order valence-electron chi connectivity index (χ1n) is 9.13. The molecule has 0 spiro atoms. The fourth-order valence-corrected chi connectivity index (χ4v) is 4.07. The van der Waals surface area contributed by atoms with Crippen molar-refractivity contribution in [1.29, 1.82) is 0 Å². The molecule has 0 saturated heterocycles. The van der Waals surface area contributed by atoms with Crippen LogP contribution in [0.4, 0.5) is 5.69 Å². The van der Waals surface area contributed by atoms with Crippen molar-refractivity contribution >= 4 is 27.6 Å². The minimum absolute atomic E-state index is 0.0471. The molecule has 1 amide bonds. The number of nitrogens with one attached hydrogen (secondary N) is 2. The third-order valence-electron chi connectivity index (χ3n) is 4.30. The molecule has 0 unspecified atom stereocenters. The Morgan fingerprint density at radius 2 is 1.52 bits per heavy atom. The molecular weight excluding hydrogens is 392 g/mol. The van der Waals surface area contributed by atoms with E-state index in [1.807, 2.05) is 39.8 Å². The van der Waals surface area contributed by atoms with Crippen LogP contribution in [0.25, 0.3) is 0 Å². The number of ether oxygens (including phenoxy) is 1. The molecule has 0 aromatic heterocycles. The van der Waals surface area contributed by atoms with E-state index in [1.54, 1.807) is 12.1 Å². The number of amides is 1. The van der Waals surface area contributed by atoms with Crippen LogP contribution in [0.2, 0.25) is 0 Å². The van der Waals surface area contributed by atoms with Crippen LogP contribution in [0.3, 0.4) is 0 Å². The number of benzene rings is 2. The summed E-state index contributed by atoms with van der Waals surface area (Å²) >= 11 is 0. The van der Waals surface area contributed by atoms with E-state index in [4.69, 9.17) is 4.74 Å². The topological polar surface area (TPSA) is 102 Å². The SMILES string of the molecule is Cc1ccc(S(=O)(=O)N[C@@H](C)C(=O)OCC(=O)Nc2c(C)cc(C)cc2C)cc1. The van der Waals surface area contributed by atoms with Gasteiger partial charge >= 0.3 is 5.97 Å². The maximum absolute atomic E-state index is 12.3. The van der Waals surface area contributed by atoms with E-state index >= 15 is 0 Å². The molecule has 0 bridgehead atoms. The first kappa shape index (κ1) is 22.6. The summed E-state index contributed by atoms with van der Waals surface area (Å²) in [6.45, 7) is 8.41. The molecule has 0 heterocycles. The van der Waals surface area contributed by atoms with Gasteiger partial charge in [-0.25, -0.2) is 8.42 Å². The first-order valence-corrected chi connectivity index (χ1v) is 10.6. The lowest BCUT2D eigenvalue weighted by atomic mass is 10.1. The van der Waals surface area contributed by atoms with Crippen LogP contribution in [-0.2, 0) is 24.3 Å².